The largest absolute Gasteiger partial charge is 0.296 e. The van der Waals surface area contributed by atoms with Crippen molar-refractivity contribution in [3.05, 3.63) is 70.8 Å². The molecule has 0 unspecified atom stereocenters. The van der Waals surface area contributed by atoms with Crippen molar-refractivity contribution in [2.75, 3.05) is 0 Å². The van der Waals surface area contributed by atoms with Gasteiger partial charge in [-0.3, -0.25) is 9.11 Å². The van der Waals surface area contributed by atoms with Crippen molar-refractivity contribution < 1.29 is 25.9 Å². The molecule has 6 nitrogen and oxygen atoms in total. The summed E-state index contributed by atoms with van der Waals surface area (Å²) in [4.78, 5) is 0. The molecule has 0 saturated heterocycles. The van der Waals surface area contributed by atoms with E-state index in [1.54, 1.807) is 13.8 Å². The van der Waals surface area contributed by atoms with E-state index in [-0.39, 0.29) is 11.1 Å². The molecule has 2 N–H and O–H groups in total. The van der Waals surface area contributed by atoms with Crippen LogP contribution in [0.4, 0.5) is 0 Å². The van der Waals surface area contributed by atoms with Crippen molar-refractivity contribution in [1.29, 1.82) is 0 Å². The minimum absolute atomic E-state index is 0.267. The minimum Gasteiger partial charge on any atom is -0.284 e. The summed E-state index contributed by atoms with van der Waals surface area (Å²) in [5, 5.41) is 0. The van der Waals surface area contributed by atoms with Crippen LogP contribution >= 0.6 is 0 Å². The van der Waals surface area contributed by atoms with Crippen LogP contribution in [-0.2, 0) is 24.3 Å². The highest BCUT2D eigenvalue weighted by Gasteiger charge is 2.57. The lowest BCUT2D eigenvalue weighted by Gasteiger charge is -2.28. The summed E-state index contributed by atoms with van der Waals surface area (Å²) in [5.74, 6) is 0. The molecule has 0 aliphatic rings. The van der Waals surface area contributed by atoms with E-state index in [0.717, 1.165) is 11.1 Å². The molecular weight excluding hydrogens is 340 g/mol. The van der Waals surface area contributed by atoms with Gasteiger partial charge < -0.3 is 0 Å². The molecule has 23 heavy (non-hydrogen) atoms. The van der Waals surface area contributed by atoms with Crippen LogP contribution in [0.15, 0.2) is 48.5 Å². The van der Waals surface area contributed by atoms with Gasteiger partial charge in [0.2, 0.25) is 0 Å². The maximum absolute atomic E-state index is 12.1. The van der Waals surface area contributed by atoms with Gasteiger partial charge in [-0.1, -0.05) is 59.7 Å². The number of hydrogen-bond donors (Lipinski definition) is 2. The average molecular weight is 356 g/mol. The van der Waals surface area contributed by atoms with Crippen molar-refractivity contribution in [2.45, 2.75) is 17.9 Å². The molecule has 2 aromatic rings. The Morgan fingerprint density at radius 2 is 0.913 bits per heavy atom. The Morgan fingerprint density at radius 3 is 1.13 bits per heavy atom. The number of rotatable bonds is 4. The molecule has 8 heteroatoms. The Bertz CT molecular complexity index is 831. The number of aryl methyl sites for hydroxylation is 2. The van der Waals surface area contributed by atoms with Gasteiger partial charge in [0, 0.05) is 0 Å². The van der Waals surface area contributed by atoms with Crippen LogP contribution in [0.1, 0.15) is 22.3 Å². The molecule has 0 fully saturated rings. The van der Waals surface area contributed by atoms with Crippen molar-refractivity contribution in [3.63, 3.8) is 0 Å². The highest BCUT2D eigenvalue weighted by Crippen LogP contribution is 2.42. The molecule has 0 heterocycles. The summed E-state index contributed by atoms with van der Waals surface area (Å²) in [6.07, 6.45) is 0. The van der Waals surface area contributed by atoms with E-state index < -0.39 is 24.3 Å². The molecular formula is C15H16O6S2. The zero-order valence-electron chi connectivity index (χ0n) is 12.5. The van der Waals surface area contributed by atoms with Gasteiger partial charge in [-0.2, -0.15) is 16.8 Å². The Hall–Kier alpha value is -1.74. The van der Waals surface area contributed by atoms with Gasteiger partial charge in [0.15, 0.2) is 0 Å². The van der Waals surface area contributed by atoms with Crippen LogP contribution in [0.3, 0.4) is 0 Å². The topological polar surface area (TPSA) is 109 Å². The quantitative estimate of drug-likeness (QED) is 0.814. The Morgan fingerprint density at radius 1 is 0.652 bits per heavy atom. The molecule has 0 amide bonds. The summed E-state index contributed by atoms with van der Waals surface area (Å²) in [6.45, 7) is 3.47. The van der Waals surface area contributed by atoms with Gasteiger partial charge >= 0.3 is 0 Å². The first kappa shape index (κ1) is 17.6. The highest BCUT2D eigenvalue weighted by molar-refractivity contribution is 8.04. The summed E-state index contributed by atoms with van der Waals surface area (Å²) < 4.78 is 64.8. The van der Waals surface area contributed by atoms with Crippen LogP contribution in [0, 0.1) is 13.8 Å². The third-order valence-corrected chi connectivity index (χ3v) is 7.25. The number of hydrogen-bond acceptors (Lipinski definition) is 4. The third-order valence-electron chi connectivity index (χ3n) is 3.59. The Labute approximate surface area is 135 Å². The van der Waals surface area contributed by atoms with Crippen LogP contribution in [0.5, 0.6) is 0 Å². The van der Waals surface area contributed by atoms with Crippen molar-refractivity contribution in [1.82, 2.24) is 0 Å². The monoisotopic (exact) mass is 356 g/mol. The second kappa shape index (κ2) is 5.72. The molecule has 0 radical (unpaired) electrons. The second-order valence-electron chi connectivity index (χ2n) is 5.30. The van der Waals surface area contributed by atoms with Gasteiger partial charge in [-0.15, -0.1) is 0 Å². The van der Waals surface area contributed by atoms with E-state index in [2.05, 4.69) is 0 Å². The molecule has 0 atom stereocenters. The van der Waals surface area contributed by atoms with Crippen LogP contribution in [0.2, 0.25) is 0 Å². The first-order chi connectivity index (χ1) is 10.5. The average Bonchev–Trinajstić information content (AvgIpc) is 2.40. The predicted octanol–water partition coefficient (Wildman–Crippen LogP) is 2.28. The van der Waals surface area contributed by atoms with Crippen LogP contribution < -0.4 is 0 Å². The first-order valence-electron chi connectivity index (χ1n) is 6.58. The van der Waals surface area contributed by atoms with Crippen molar-refractivity contribution >= 4 is 20.2 Å². The lowest BCUT2D eigenvalue weighted by atomic mass is 10.0. The van der Waals surface area contributed by atoms with E-state index in [9.17, 15) is 25.9 Å². The summed E-state index contributed by atoms with van der Waals surface area (Å²) in [7, 11) is -10.5. The molecule has 0 aliphatic carbocycles. The zero-order valence-corrected chi connectivity index (χ0v) is 14.1. The minimum atomic E-state index is -5.25. The standard InChI is InChI=1S/C15H16O6S2/c1-11-3-7-13(8-4-11)15(22(16,17)18,23(19,20)21)14-9-5-12(2)6-10-14/h3-10H,1-2H3,(H,16,17,18)(H,19,20,21). The van der Waals surface area contributed by atoms with E-state index in [4.69, 9.17) is 0 Å². The van der Waals surface area contributed by atoms with E-state index >= 15 is 0 Å². The normalized spacial score (nSPS) is 13.0. The predicted molar refractivity (Wildman–Crippen MR) is 86.2 cm³/mol. The maximum atomic E-state index is 12.1. The molecule has 2 rings (SSSR count). The molecule has 0 saturated carbocycles. The van der Waals surface area contributed by atoms with Gasteiger partial charge in [0.1, 0.15) is 0 Å². The summed E-state index contributed by atoms with van der Waals surface area (Å²) in [6, 6.07) is 11.0. The molecule has 2 aromatic carbocycles. The van der Waals surface area contributed by atoms with Gasteiger partial charge in [-0.05, 0) is 25.0 Å². The SMILES string of the molecule is Cc1ccc(C(c2ccc(C)cc2)(S(=O)(=O)O)S(=O)(=O)O)cc1. The molecule has 0 spiro atoms. The fourth-order valence-corrected chi connectivity index (χ4v) is 5.24. The second-order valence-corrected chi connectivity index (χ2v) is 8.68. The van der Waals surface area contributed by atoms with Crippen LogP contribution in [0.25, 0.3) is 0 Å². The zero-order chi connectivity index (χ0) is 17.5. The first-order valence-corrected chi connectivity index (χ1v) is 9.46. The van der Waals surface area contributed by atoms with Crippen molar-refractivity contribution in [2.24, 2.45) is 0 Å². The highest BCUT2D eigenvalue weighted by atomic mass is 32.3. The fourth-order valence-electron chi connectivity index (χ4n) is 2.44. The molecule has 0 aliphatic heterocycles. The Balaban J connectivity index is 2.99. The van der Waals surface area contributed by atoms with Gasteiger partial charge in [0.05, 0.1) is 0 Å². The van der Waals surface area contributed by atoms with Gasteiger partial charge in [0.25, 0.3) is 24.3 Å². The van der Waals surface area contributed by atoms with Gasteiger partial charge in [-0.25, -0.2) is 0 Å². The van der Waals surface area contributed by atoms with Crippen LogP contribution in [-0.4, -0.2) is 25.9 Å². The van der Waals surface area contributed by atoms with Crippen molar-refractivity contribution in [3.8, 4) is 0 Å². The van der Waals surface area contributed by atoms with E-state index in [1.165, 1.54) is 48.5 Å². The smallest absolute Gasteiger partial charge is 0.284 e. The number of benzene rings is 2. The molecule has 0 bridgehead atoms. The Kier molecular flexibility index (Phi) is 4.38. The summed E-state index contributed by atoms with van der Waals surface area (Å²) in [5.41, 5.74) is 0.989. The molecule has 0 aromatic heterocycles. The van der Waals surface area contributed by atoms with E-state index in [0.29, 0.717) is 0 Å². The van der Waals surface area contributed by atoms with E-state index in [1.807, 2.05) is 0 Å². The summed E-state index contributed by atoms with van der Waals surface area (Å²) >= 11 is 0. The maximum Gasteiger partial charge on any atom is 0.296 e. The lowest BCUT2D eigenvalue weighted by Crippen LogP contribution is -2.44. The lowest BCUT2D eigenvalue weighted by molar-refractivity contribution is 0.438. The third kappa shape index (κ3) is 2.90. The molecule has 124 valence electrons. The fraction of sp³-hybridized carbons (Fsp3) is 0.200.